The molecule has 1 saturated heterocycles. The van der Waals surface area contributed by atoms with E-state index >= 15 is 0 Å². The molecule has 0 spiro atoms. The molecule has 15 heavy (non-hydrogen) atoms. The van der Waals surface area contributed by atoms with Crippen LogP contribution in [0, 0.1) is 0 Å². The normalized spacial score (nSPS) is 22.1. The van der Waals surface area contributed by atoms with Crippen molar-refractivity contribution in [1.82, 2.24) is 15.1 Å². The highest BCUT2D eigenvalue weighted by Gasteiger charge is 2.16. The largest absolute Gasteiger partial charge is 0.312 e. The van der Waals surface area contributed by atoms with Crippen LogP contribution in [0.5, 0.6) is 0 Å². The van der Waals surface area contributed by atoms with Gasteiger partial charge in [-0.15, -0.1) is 0 Å². The Bertz CT molecular complexity index is 432. The van der Waals surface area contributed by atoms with Crippen LogP contribution < -0.4 is 5.32 Å². The van der Waals surface area contributed by atoms with Crippen LogP contribution in [0.15, 0.2) is 17.3 Å². The number of sulfone groups is 1. The lowest BCUT2D eigenvalue weighted by atomic mass is 10.2. The van der Waals surface area contributed by atoms with Gasteiger partial charge in [-0.25, -0.2) is 8.42 Å². The molecule has 1 aliphatic heterocycles. The third-order valence-corrected chi connectivity index (χ3v) is 3.67. The minimum Gasteiger partial charge on any atom is -0.312 e. The number of rotatable bonds is 3. The van der Waals surface area contributed by atoms with Crippen LogP contribution in [0.4, 0.5) is 0 Å². The summed E-state index contributed by atoms with van der Waals surface area (Å²) in [6.07, 6.45) is 6.51. The van der Waals surface area contributed by atoms with Gasteiger partial charge in [0.05, 0.1) is 12.7 Å². The summed E-state index contributed by atoms with van der Waals surface area (Å²) in [5.41, 5.74) is 0. The summed E-state index contributed by atoms with van der Waals surface area (Å²) in [5.74, 6) is 0. The highest BCUT2D eigenvalue weighted by Crippen LogP contribution is 2.10. The molecule has 2 rings (SSSR count). The maximum atomic E-state index is 11.2. The first kappa shape index (κ1) is 10.6. The zero-order chi connectivity index (χ0) is 10.9. The molecule has 1 aromatic rings. The molecule has 1 aliphatic rings. The summed E-state index contributed by atoms with van der Waals surface area (Å²) in [6.45, 7) is 1.79. The Labute approximate surface area is 89.4 Å². The molecule has 0 aliphatic carbocycles. The van der Waals surface area contributed by atoms with Crippen LogP contribution >= 0.6 is 0 Å². The first-order valence-electron chi connectivity index (χ1n) is 5.01. The van der Waals surface area contributed by atoms with Crippen LogP contribution in [0.25, 0.3) is 0 Å². The maximum absolute atomic E-state index is 11.2. The fourth-order valence-corrected chi connectivity index (χ4v) is 2.33. The zero-order valence-electron chi connectivity index (χ0n) is 8.68. The van der Waals surface area contributed by atoms with Gasteiger partial charge >= 0.3 is 0 Å². The average Bonchev–Trinajstić information content (AvgIpc) is 2.73. The average molecular weight is 229 g/mol. The smallest absolute Gasteiger partial charge is 0.178 e. The Morgan fingerprint density at radius 1 is 1.67 bits per heavy atom. The van der Waals surface area contributed by atoms with Gasteiger partial charge in [-0.2, -0.15) is 5.10 Å². The highest BCUT2D eigenvalue weighted by molar-refractivity contribution is 7.90. The number of nitrogens with zero attached hydrogens (tertiary/aromatic N) is 2. The summed E-state index contributed by atoms with van der Waals surface area (Å²) in [6, 6.07) is 0.428. The van der Waals surface area contributed by atoms with Crippen LogP contribution in [0.3, 0.4) is 0 Å². The van der Waals surface area contributed by atoms with Gasteiger partial charge in [0.1, 0.15) is 4.90 Å². The molecule has 6 heteroatoms. The van der Waals surface area contributed by atoms with Gasteiger partial charge in [-0.3, -0.25) is 4.68 Å². The molecule has 0 aromatic carbocycles. The summed E-state index contributed by atoms with van der Waals surface area (Å²) in [7, 11) is -3.12. The molecule has 1 unspecified atom stereocenters. The highest BCUT2D eigenvalue weighted by atomic mass is 32.2. The van der Waals surface area contributed by atoms with E-state index in [9.17, 15) is 8.42 Å². The molecule has 5 nitrogen and oxygen atoms in total. The minimum absolute atomic E-state index is 0.292. The fourth-order valence-electron chi connectivity index (χ4n) is 1.77. The third-order valence-electron chi connectivity index (χ3n) is 2.61. The second kappa shape index (κ2) is 3.94. The quantitative estimate of drug-likeness (QED) is 0.794. The van der Waals surface area contributed by atoms with Crippen molar-refractivity contribution in [3.63, 3.8) is 0 Å². The molecule has 2 heterocycles. The van der Waals surface area contributed by atoms with Gasteiger partial charge in [-0.1, -0.05) is 0 Å². The minimum atomic E-state index is -3.12. The van der Waals surface area contributed by atoms with Crippen LogP contribution in [0.2, 0.25) is 0 Å². The number of nitrogens with one attached hydrogen (secondary N) is 1. The predicted octanol–water partition coefficient (Wildman–Crippen LogP) is 0.0386. The number of aromatic nitrogens is 2. The van der Waals surface area contributed by atoms with E-state index in [4.69, 9.17) is 0 Å². The number of hydrogen-bond acceptors (Lipinski definition) is 4. The molecule has 1 N–H and O–H groups in total. The van der Waals surface area contributed by atoms with Crippen molar-refractivity contribution >= 4 is 9.84 Å². The molecule has 1 atom stereocenters. The molecular formula is C9H15N3O2S. The van der Waals surface area contributed by atoms with Gasteiger partial charge < -0.3 is 5.32 Å². The van der Waals surface area contributed by atoms with Crippen molar-refractivity contribution < 1.29 is 8.42 Å². The second-order valence-electron chi connectivity index (χ2n) is 3.96. The summed E-state index contributed by atoms with van der Waals surface area (Å²) in [4.78, 5) is 0.292. The van der Waals surface area contributed by atoms with Crippen molar-refractivity contribution in [2.45, 2.75) is 30.3 Å². The fraction of sp³-hybridized carbons (Fsp3) is 0.667. The van der Waals surface area contributed by atoms with Crippen molar-refractivity contribution in [3.8, 4) is 0 Å². The van der Waals surface area contributed by atoms with Crippen molar-refractivity contribution in [1.29, 1.82) is 0 Å². The molecule has 1 aromatic heterocycles. The van der Waals surface area contributed by atoms with E-state index < -0.39 is 9.84 Å². The predicted molar refractivity (Wildman–Crippen MR) is 56.4 cm³/mol. The SMILES string of the molecule is CS(=O)(=O)c1cnn(CC2CCCN2)c1. The lowest BCUT2D eigenvalue weighted by Crippen LogP contribution is -2.26. The van der Waals surface area contributed by atoms with Crippen molar-refractivity contribution in [2.24, 2.45) is 0 Å². The van der Waals surface area contributed by atoms with Gasteiger partial charge in [-0.05, 0) is 19.4 Å². The molecule has 0 radical (unpaired) electrons. The van der Waals surface area contributed by atoms with Crippen LogP contribution in [-0.2, 0) is 16.4 Å². The van der Waals surface area contributed by atoms with Crippen LogP contribution in [0.1, 0.15) is 12.8 Å². The molecule has 84 valence electrons. The lowest BCUT2D eigenvalue weighted by Gasteiger charge is -2.09. The zero-order valence-corrected chi connectivity index (χ0v) is 9.50. The maximum Gasteiger partial charge on any atom is 0.178 e. The third kappa shape index (κ3) is 2.57. The van der Waals surface area contributed by atoms with Gasteiger partial charge in [0.15, 0.2) is 9.84 Å². The Morgan fingerprint density at radius 2 is 2.47 bits per heavy atom. The standard InChI is InChI=1S/C9H15N3O2S/c1-15(13,14)9-5-11-12(7-9)6-8-3-2-4-10-8/h5,7-8,10H,2-4,6H2,1H3. The lowest BCUT2D eigenvalue weighted by molar-refractivity contribution is 0.475. The second-order valence-corrected chi connectivity index (χ2v) is 5.98. The van der Waals surface area contributed by atoms with Gasteiger partial charge in [0.25, 0.3) is 0 Å². The topological polar surface area (TPSA) is 64.0 Å². The first-order chi connectivity index (χ1) is 7.05. The van der Waals surface area contributed by atoms with Gasteiger partial charge in [0.2, 0.25) is 0 Å². The molecular weight excluding hydrogens is 214 g/mol. The van der Waals surface area contributed by atoms with E-state index in [0.717, 1.165) is 19.5 Å². The first-order valence-corrected chi connectivity index (χ1v) is 6.91. The Hall–Kier alpha value is -0.880. The summed E-state index contributed by atoms with van der Waals surface area (Å²) < 4.78 is 24.1. The van der Waals surface area contributed by atoms with E-state index in [1.807, 2.05) is 0 Å². The van der Waals surface area contributed by atoms with E-state index in [0.29, 0.717) is 10.9 Å². The number of hydrogen-bond donors (Lipinski definition) is 1. The van der Waals surface area contributed by atoms with Crippen molar-refractivity contribution in [3.05, 3.63) is 12.4 Å². The summed E-state index contributed by atoms with van der Waals surface area (Å²) in [5, 5.41) is 7.39. The Kier molecular flexibility index (Phi) is 2.79. The van der Waals surface area contributed by atoms with Gasteiger partial charge in [0, 0.05) is 18.5 Å². The Morgan fingerprint density at radius 3 is 3.00 bits per heavy atom. The molecule has 1 fully saturated rings. The molecule has 0 amide bonds. The Balaban J connectivity index is 2.07. The van der Waals surface area contributed by atoms with E-state index in [2.05, 4.69) is 10.4 Å². The van der Waals surface area contributed by atoms with E-state index in [-0.39, 0.29) is 0 Å². The molecule has 0 bridgehead atoms. The van der Waals surface area contributed by atoms with E-state index in [1.54, 1.807) is 10.9 Å². The van der Waals surface area contributed by atoms with Crippen molar-refractivity contribution in [2.75, 3.05) is 12.8 Å². The molecule has 0 saturated carbocycles. The van der Waals surface area contributed by atoms with Crippen LogP contribution in [-0.4, -0.2) is 37.0 Å². The monoisotopic (exact) mass is 229 g/mol. The van der Waals surface area contributed by atoms with E-state index in [1.165, 1.54) is 18.9 Å². The summed E-state index contributed by atoms with van der Waals surface area (Å²) >= 11 is 0.